The van der Waals surface area contributed by atoms with Crippen molar-refractivity contribution in [3.63, 3.8) is 0 Å². The maximum Gasteiger partial charge on any atom is 0.311 e. The number of benzene rings is 1. The van der Waals surface area contributed by atoms with Crippen LogP contribution in [-0.4, -0.2) is 36.9 Å². The van der Waals surface area contributed by atoms with Crippen molar-refractivity contribution in [1.82, 2.24) is 5.32 Å². The summed E-state index contributed by atoms with van der Waals surface area (Å²) in [5.41, 5.74) is 1.20. The molecule has 4 fully saturated rings. The average Bonchev–Trinajstić information content (AvgIpc) is 3.34. The fourth-order valence-electron chi connectivity index (χ4n) is 6.61. The molecule has 0 amide bonds. The number of carbonyl (C=O) groups excluding carboxylic acids is 1. The number of rotatable bonds is 5. The molecule has 7 atom stereocenters. The lowest BCUT2D eigenvalue weighted by Gasteiger charge is -2.48. The summed E-state index contributed by atoms with van der Waals surface area (Å²) in [6, 6.07) is 6.60. The first-order valence-corrected chi connectivity index (χ1v) is 10.8. The summed E-state index contributed by atoms with van der Waals surface area (Å²) in [5, 5.41) is 3.43. The zero-order valence-electron chi connectivity index (χ0n) is 16.7. The van der Waals surface area contributed by atoms with Crippen LogP contribution < -0.4 is 5.32 Å². The number of halogens is 1. The minimum Gasteiger partial charge on any atom is -0.462 e. The maximum atomic E-state index is 13.0. The smallest absolute Gasteiger partial charge is 0.311 e. The van der Waals surface area contributed by atoms with Gasteiger partial charge in [0.2, 0.25) is 0 Å². The molecule has 2 heterocycles. The molecule has 5 heteroatoms. The quantitative estimate of drug-likeness (QED) is 0.477. The Kier molecular flexibility index (Phi) is 4.33. The average molecular weight is 387 g/mol. The number of ether oxygens (including phenoxy) is 2. The van der Waals surface area contributed by atoms with E-state index in [4.69, 9.17) is 9.47 Å². The van der Waals surface area contributed by atoms with Crippen molar-refractivity contribution < 1.29 is 18.7 Å². The molecule has 152 valence electrons. The van der Waals surface area contributed by atoms with Crippen LogP contribution >= 0.6 is 0 Å². The summed E-state index contributed by atoms with van der Waals surface area (Å²) < 4.78 is 25.3. The van der Waals surface area contributed by atoms with E-state index in [1.807, 2.05) is 12.1 Å². The predicted molar refractivity (Wildman–Crippen MR) is 103 cm³/mol. The van der Waals surface area contributed by atoms with Crippen LogP contribution in [0.15, 0.2) is 24.3 Å². The Balaban J connectivity index is 1.23. The number of carbonyl (C=O) groups is 1. The summed E-state index contributed by atoms with van der Waals surface area (Å²) in [4.78, 5) is 12.6. The number of epoxide rings is 1. The Bertz CT molecular complexity index is 768. The topological polar surface area (TPSA) is 50.9 Å². The molecular weight excluding hydrogens is 357 g/mol. The summed E-state index contributed by atoms with van der Waals surface area (Å²) in [5.74, 6) is 0.335. The third-order valence-electron chi connectivity index (χ3n) is 8.06. The monoisotopic (exact) mass is 387 g/mol. The predicted octanol–water partition coefficient (Wildman–Crippen LogP) is 3.48. The van der Waals surface area contributed by atoms with E-state index in [9.17, 15) is 9.18 Å². The molecule has 5 rings (SSSR count). The van der Waals surface area contributed by atoms with Gasteiger partial charge in [-0.25, -0.2) is 4.39 Å². The van der Waals surface area contributed by atoms with Crippen molar-refractivity contribution in [2.75, 3.05) is 13.1 Å². The Morgan fingerprint density at radius 3 is 2.86 bits per heavy atom. The van der Waals surface area contributed by atoms with Gasteiger partial charge in [-0.3, -0.25) is 4.79 Å². The van der Waals surface area contributed by atoms with Crippen molar-refractivity contribution in [1.29, 1.82) is 0 Å². The number of nitrogens with one attached hydrogen (secondary N) is 1. The molecular formula is C23H30FNO3. The van der Waals surface area contributed by atoms with Gasteiger partial charge in [0.25, 0.3) is 0 Å². The van der Waals surface area contributed by atoms with E-state index in [1.165, 1.54) is 31.4 Å². The molecule has 0 radical (unpaired) electrons. The second kappa shape index (κ2) is 6.53. The highest BCUT2D eigenvalue weighted by molar-refractivity contribution is 5.76. The molecule has 1 aromatic rings. The molecule has 0 bridgehead atoms. The van der Waals surface area contributed by atoms with E-state index in [0.717, 1.165) is 24.9 Å². The van der Waals surface area contributed by atoms with Gasteiger partial charge in [0, 0.05) is 17.9 Å². The van der Waals surface area contributed by atoms with Crippen LogP contribution in [0, 0.1) is 29.0 Å². The van der Waals surface area contributed by atoms with Crippen LogP contribution in [0.25, 0.3) is 0 Å². The van der Waals surface area contributed by atoms with Crippen LogP contribution in [0.1, 0.15) is 45.1 Å². The number of hydrogen-bond donors (Lipinski definition) is 1. The SMILES string of the molecule is C[C@H]1CCC[C@]2(C)C[C@H]3OC(=O)C(CNCCc4ccc(F)cc4)[C@H]3C3OC312. The van der Waals surface area contributed by atoms with Crippen molar-refractivity contribution in [3.8, 4) is 0 Å². The van der Waals surface area contributed by atoms with Gasteiger partial charge in [0.1, 0.15) is 17.5 Å². The minimum absolute atomic E-state index is 0.00678. The summed E-state index contributed by atoms with van der Waals surface area (Å²) in [6.07, 6.45) is 5.57. The first kappa shape index (κ1) is 18.6. The largest absolute Gasteiger partial charge is 0.462 e. The van der Waals surface area contributed by atoms with Crippen LogP contribution in [0.3, 0.4) is 0 Å². The van der Waals surface area contributed by atoms with Crippen molar-refractivity contribution in [2.24, 2.45) is 23.2 Å². The summed E-state index contributed by atoms with van der Waals surface area (Å²) in [6.45, 7) is 6.06. The van der Waals surface area contributed by atoms with Crippen LogP contribution in [0.5, 0.6) is 0 Å². The molecule has 2 saturated carbocycles. The Morgan fingerprint density at radius 2 is 2.07 bits per heavy atom. The second-order valence-electron chi connectivity index (χ2n) is 9.63. The zero-order valence-corrected chi connectivity index (χ0v) is 16.7. The molecule has 2 saturated heterocycles. The first-order chi connectivity index (χ1) is 13.4. The highest BCUT2D eigenvalue weighted by atomic mass is 19.1. The van der Waals surface area contributed by atoms with Gasteiger partial charge < -0.3 is 14.8 Å². The highest BCUT2D eigenvalue weighted by Gasteiger charge is 2.78. The Hall–Kier alpha value is -1.46. The van der Waals surface area contributed by atoms with E-state index in [0.29, 0.717) is 12.5 Å². The zero-order chi connectivity index (χ0) is 19.5. The van der Waals surface area contributed by atoms with Gasteiger partial charge in [-0.1, -0.05) is 32.4 Å². The first-order valence-electron chi connectivity index (χ1n) is 10.8. The van der Waals surface area contributed by atoms with Crippen molar-refractivity contribution in [3.05, 3.63) is 35.6 Å². The molecule has 0 aromatic heterocycles. The van der Waals surface area contributed by atoms with Crippen molar-refractivity contribution >= 4 is 5.97 Å². The van der Waals surface area contributed by atoms with E-state index in [2.05, 4.69) is 19.2 Å². The summed E-state index contributed by atoms with van der Waals surface area (Å²) >= 11 is 0. The number of hydrogen-bond acceptors (Lipinski definition) is 4. The molecule has 1 N–H and O–H groups in total. The van der Waals surface area contributed by atoms with Crippen molar-refractivity contribution in [2.45, 2.75) is 63.8 Å². The Labute approximate surface area is 166 Å². The van der Waals surface area contributed by atoms with Gasteiger partial charge in [-0.2, -0.15) is 0 Å². The van der Waals surface area contributed by atoms with Crippen LogP contribution in [-0.2, 0) is 20.7 Å². The van der Waals surface area contributed by atoms with Gasteiger partial charge in [0.15, 0.2) is 0 Å². The van der Waals surface area contributed by atoms with Crippen LogP contribution in [0.2, 0.25) is 0 Å². The normalized spacial score (nSPS) is 43.7. The Morgan fingerprint density at radius 1 is 1.29 bits per heavy atom. The van der Waals surface area contributed by atoms with Gasteiger partial charge in [-0.15, -0.1) is 0 Å². The molecule has 4 nitrogen and oxygen atoms in total. The highest BCUT2D eigenvalue weighted by Crippen LogP contribution is 2.70. The lowest BCUT2D eigenvalue weighted by molar-refractivity contribution is -0.146. The molecule has 2 aliphatic heterocycles. The number of fused-ring (bicyclic) bond motifs is 2. The van der Waals surface area contributed by atoms with Gasteiger partial charge in [0.05, 0.1) is 12.0 Å². The maximum absolute atomic E-state index is 13.0. The van der Waals surface area contributed by atoms with E-state index < -0.39 is 0 Å². The number of esters is 1. The molecule has 3 unspecified atom stereocenters. The second-order valence-corrected chi connectivity index (χ2v) is 9.63. The third kappa shape index (κ3) is 2.66. The molecule has 4 aliphatic rings. The summed E-state index contributed by atoms with van der Waals surface area (Å²) in [7, 11) is 0. The molecule has 1 aromatic carbocycles. The lowest BCUT2D eigenvalue weighted by Crippen LogP contribution is -2.54. The van der Waals surface area contributed by atoms with Crippen LogP contribution in [0.4, 0.5) is 4.39 Å². The fourth-order valence-corrected chi connectivity index (χ4v) is 6.61. The lowest BCUT2D eigenvalue weighted by atomic mass is 9.53. The molecule has 1 spiro atoms. The van der Waals surface area contributed by atoms with E-state index >= 15 is 0 Å². The standard InChI is InChI=1S/C23H30FNO3/c1-14-4-3-10-22(2)12-18-19(20-23(14,22)28-20)17(21(26)27-18)13-25-11-9-15-5-7-16(24)8-6-15/h5-8,14,17-20,25H,3-4,9-13H2,1-2H3/t14-,17?,18+,19+,20?,22+,23?/m0/s1. The fraction of sp³-hybridized carbons (Fsp3) is 0.696. The molecule has 28 heavy (non-hydrogen) atoms. The molecule has 2 aliphatic carbocycles. The minimum atomic E-state index is -0.212. The van der Waals surface area contributed by atoms with E-state index in [1.54, 1.807) is 0 Å². The van der Waals surface area contributed by atoms with Gasteiger partial charge in [-0.05, 0) is 55.8 Å². The van der Waals surface area contributed by atoms with E-state index in [-0.39, 0.29) is 46.8 Å². The van der Waals surface area contributed by atoms with Gasteiger partial charge >= 0.3 is 5.97 Å². The third-order valence-corrected chi connectivity index (χ3v) is 8.06.